The first-order valence-electron chi connectivity index (χ1n) is 17.1. The second-order valence-electron chi connectivity index (χ2n) is 13.8. The molecule has 0 spiro atoms. The molecule has 6 nitrogen and oxygen atoms in total. The highest BCUT2D eigenvalue weighted by Gasteiger charge is 2.42. The van der Waals surface area contributed by atoms with Crippen molar-refractivity contribution in [2.75, 3.05) is 26.2 Å². The summed E-state index contributed by atoms with van der Waals surface area (Å²) in [5.41, 5.74) is 5.78. The second-order valence-corrected chi connectivity index (χ2v) is 13.8. The maximum Gasteiger partial charge on any atom is 0.170 e. The minimum Gasteiger partial charge on any atom is -0.351 e. The standard InChI is InChI=1S/2C21H22N2O/c2*1-23-12-9-17-13-18(7-8-19(17)23)20(24)21(10-11-22-15-21)14-16-5-3-2-4-6-16/h2*2-9,12-13,22H,10-11,14-15H2,1H3. The lowest BCUT2D eigenvalue weighted by atomic mass is 9.74. The molecule has 0 bridgehead atoms. The number of fused-ring (bicyclic) bond motifs is 2. The topological polar surface area (TPSA) is 68.1 Å². The van der Waals surface area contributed by atoms with E-state index < -0.39 is 0 Å². The molecule has 2 aliphatic rings. The molecular formula is C42H44N4O2. The van der Waals surface area contributed by atoms with Gasteiger partial charge in [0.25, 0.3) is 0 Å². The van der Waals surface area contributed by atoms with Crippen LogP contribution in [-0.4, -0.2) is 46.9 Å². The van der Waals surface area contributed by atoms with Crippen molar-refractivity contribution in [1.29, 1.82) is 0 Å². The summed E-state index contributed by atoms with van der Waals surface area (Å²) in [5, 5.41) is 9.06. The van der Waals surface area contributed by atoms with Crippen LogP contribution in [0.15, 0.2) is 122 Å². The van der Waals surface area contributed by atoms with Crippen molar-refractivity contribution >= 4 is 33.4 Å². The molecule has 0 aliphatic carbocycles. The Bertz CT molecular complexity index is 1900. The van der Waals surface area contributed by atoms with Gasteiger partial charge in [-0.1, -0.05) is 60.7 Å². The van der Waals surface area contributed by atoms with Gasteiger partial charge in [-0.2, -0.15) is 0 Å². The third kappa shape index (κ3) is 6.26. The van der Waals surface area contributed by atoms with Gasteiger partial charge in [-0.25, -0.2) is 0 Å². The molecule has 48 heavy (non-hydrogen) atoms. The average Bonchev–Trinajstić information content (AvgIpc) is 3.94. The van der Waals surface area contributed by atoms with Gasteiger partial charge >= 0.3 is 0 Å². The van der Waals surface area contributed by atoms with E-state index in [9.17, 15) is 9.59 Å². The molecule has 2 fully saturated rings. The number of carbonyl (C=O) groups excluding carboxylic acids is 2. The fourth-order valence-corrected chi connectivity index (χ4v) is 7.77. The quantitative estimate of drug-likeness (QED) is 0.174. The van der Waals surface area contributed by atoms with Gasteiger partial charge in [-0.3, -0.25) is 9.59 Å². The van der Waals surface area contributed by atoms with E-state index in [1.807, 2.05) is 87.2 Å². The molecule has 0 radical (unpaired) electrons. The number of benzene rings is 4. The number of ketones is 2. The van der Waals surface area contributed by atoms with Crippen LogP contribution in [0.3, 0.4) is 0 Å². The molecule has 0 amide bonds. The number of hydrogen-bond donors (Lipinski definition) is 2. The van der Waals surface area contributed by atoms with Crippen LogP contribution in [0.2, 0.25) is 0 Å². The highest BCUT2D eigenvalue weighted by atomic mass is 16.1. The molecule has 8 rings (SSSR count). The van der Waals surface area contributed by atoms with Crippen LogP contribution in [-0.2, 0) is 26.9 Å². The highest BCUT2D eigenvalue weighted by Crippen LogP contribution is 2.36. The van der Waals surface area contributed by atoms with Crippen LogP contribution in [0.4, 0.5) is 0 Å². The third-order valence-corrected chi connectivity index (χ3v) is 10.5. The fraction of sp³-hybridized carbons (Fsp3) is 0.286. The predicted molar refractivity (Wildman–Crippen MR) is 195 cm³/mol. The van der Waals surface area contributed by atoms with Crippen molar-refractivity contribution in [3.05, 3.63) is 144 Å². The summed E-state index contributed by atoms with van der Waals surface area (Å²) in [6, 6.07) is 37.0. The first kappa shape index (κ1) is 31.8. The molecule has 6 heteroatoms. The van der Waals surface area contributed by atoms with Crippen molar-refractivity contribution in [2.24, 2.45) is 24.9 Å². The van der Waals surface area contributed by atoms with E-state index in [1.54, 1.807) is 0 Å². The predicted octanol–water partition coefficient (Wildman–Crippen LogP) is 7.17. The minimum absolute atomic E-state index is 0.266. The molecule has 6 aromatic rings. The van der Waals surface area contributed by atoms with E-state index in [0.717, 1.165) is 84.8 Å². The van der Waals surface area contributed by atoms with Gasteiger partial charge in [-0.15, -0.1) is 0 Å². The Morgan fingerprint density at radius 1 is 0.583 bits per heavy atom. The van der Waals surface area contributed by atoms with Gasteiger partial charge in [0.2, 0.25) is 0 Å². The third-order valence-electron chi connectivity index (χ3n) is 10.5. The Hall–Kier alpha value is -4.78. The van der Waals surface area contributed by atoms with Crippen LogP contribution in [0, 0.1) is 10.8 Å². The average molecular weight is 637 g/mol. The van der Waals surface area contributed by atoms with Gasteiger partial charge in [0.1, 0.15) is 0 Å². The number of Topliss-reactive ketones (excluding diaryl/α,β-unsaturated/α-hetero) is 2. The summed E-state index contributed by atoms with van der Waals surface area (Å²) in [4.78, 5) is 26.8. The van der Waals surface area contributed by atoms with Gasteiger partial charge in [0.15, 0.2) is 11.6 Å². The van der Waals surface area contributed by atoms with Crippen LogP contribution in [0.25, 0.3) is 21.8 Å². The normalized spacial score (nSPS) is 20.5. The Balaban J connectivity index is 0.000000152. The Morgan fingerprint density at radius 3 is 1.38 bits per heavy atom. The first-order chi connectivity index (χ1) is 23.4. The van der Waals surface area contributed by atoms with E-state index in [0.29, 0.717) is 0 Å². The summed E-state index contributed by atoms with van der Waals surface area (Å²) in [6.07, 6.45) is 7.46. The Labute approximate surface area is 282 Å². The lowest BCUT2D eigenvalue weighted by Gasteiger charge is -2.27. The number of aromatic nitrogens is 2. The molecular weight excluding hydrogens is 592 g/mol. The van der Waals surface area contributed by atoms with Gasteiger partial charge in [-0.05, 0) is 98.4 Å². The van der Waals surface area contributed by atoms with Crippen LogP contribution < -0.4 is 10.6 Å². The monoisotopic (exact) mass is 636 g/mol. The zero-order valence-electron chi connectivity index (χ0n) is 27.9. The number of rotatable bonds is 8. The van der Waals surface area contributed by atoms with Gasteiger partial charge in [0, 0.05) is 72.5 Å². The van der Waals surface area contributed by atoms with Crippen molar-refractivity contribution in [2.45, 2.75) is 25.7 Å². The van der Waals surface area contributed by atoms with Crippen LogP contribution in [0.5, 0.6) is 0 Å². The number of nitrogens with zero attached hydrogens (tertiary/aromatic N) is 2. The lowest BCUT2D eigenvalue weighted by Crippen LogP contribution is -2.36. The fourth-order valence-electron chi connectivity index (χ4n) is 7.77. The molecule has 4 heterocycles. The van der Waals surface area contributed by atoms with Crippen molar-refractivity contribution in [3.63, 3.8) is 0 Å². The molecule has 244 valence electrons. The molecule has 2 aromatic heterocycles. The lowest BCUT2D eigenvalue weighted by molar-refractivity contribution is 0.0810. The SMILES string of the molecule is Cn1ccc2cc(C(=O)C3(Cc4ccccc4)CCNC3)ccc21.Cn1ccc2cc(C(=O)C3(Cc4ccccc4)CCNC3)ccc21. The maximum atomic E-state index is 13.4. The van der Waals surface area contributed by atoms with E-state index in [4.69, 9.17) is 0 Å². The first-order valence-corrected chi connectivity index (χ1v) is 17.1. The smallest absolute Gasteiger partial charge is 0.170 e. The van der Waals surface area contributed by atoms with Crippen molar-refractivity contribution in [3.8, 4) is 0 Å². The van der Waals surface area contributed by atoms with E-state index >= 15 is 0 Å². The second kappa shape index (κ2) is 13.4. The maximum absolute atomic E-state index is 13.4. The molecule has 2 N–H and O–H groups in total. The summed E-state index contributed by atoms with van der Waals surface area (Å²) < 4.78 is 4.17. The van der Waals surface area contributed by atoms with Gasteiger partial charge in [0.05, 0.1) is 10.8 Å². The largest absolute Gasteiger partial charge is 0.351 e. The molecule has 2 saturated heterocycles. The van der Waals surface area contributed by atoms with Crippen LogP contribution >= 0.6 is 0 Å². The van der Waals surface area contributed by atoms with E-state index in [2.05, 4.69) is 68.3 Å². The van der Waals surface area contributed by atoms with Crippen molar-refractivity contribution in [1.82, 2.24) is 19.8 Å². The number of aryl methyl sites for hydroxylation is 2. The van der Waals surface area contributed by atoms with E-state index in [-0.39, 0.29) is 22.4 Å². The summed E-state index contributed by atoms with van der Waals surface area (Å²) in [6.45, 7) is 3.33. The van der Waals surface area contributed by atoms with E-state index in [1.165, 1.54) is 11.1 Å². The zero-order valence-corrected chi connectivity index (χ0v) is 27.9. The Kier molecular flexibility index (Phi) is 8.86. The number of hydrogen-bond acceptors (Lipinski definition) is 4. The summed E-state index contributed by atoms with van der Waals surface area (Å²) in [5.74, 6) is 0.532. The highest BCUT2D eigenvalue weighted by molar-refractivity contribution is 6.04. The summed E-state index contributed by atoms with van der Waals surface area (Å²) >= 11 is 0. The number of nitrogens with one attached hydrogen (secondary N) is 2. The summed E-state index contributed by atoms with van der Waals surface area (Å²) in [7, 11) is 4.06. The van der Waals surface area contributed by atoms with Gasteiger partial charge < -0.3 is 19.8 Å². The molecule has 4 aromatic carbocycles. The molecule has 2 aliphatic heterocycles. The Morgan fingerprint density at radius 2 is 1.00 bits per heavy atom. The molecule has 0 saturated carbocycles. The minimum atomic E-state index is -0.330. The zero-order chi connectivity index (χ0) is 33.1. The number of carbonyl (C=O) groups is 2. The van der Waals surface area contributed by atoms with Crippen molar-refractivity contribution < 1.29 is 9.59 Å². The molecule has 2 atom stereocenters. The molecule has 2 unspecified atom stereocenters. The van der Waals surface area contributed by atoms with Crippen LogP contribution in [0.1, 0.15) is 44.7 Å².